The SMILES string of the molecule is CCSNc1ccc(-c2[nH]nc(Nc3ccnc(OC)c3)c2C=O)cc1.CN. The van der Waals surface area contributed by atoms with Crippen molar-refractivity contribution in [1.82, 2.24) is 15.2 Å². The third-order valence-corrected chi connectivity index (χ3v) is 4.31. The van der Waals surface area contributed by atoms with E-state index in [-0.39, 0.29) is 0 Å². The van der Waals surface area contributed by atoms with Gasteiger partial charge < -0.3 is 20.5 Å². The lowest BCUT2D eigenvalue weighted by molar-refractivity contribution is 0.112. The molecule has 3 aromatic rings. The first-order chi connectivity index (χ1) is 13.7. The fourth-order valence-corrected chi connectivity index (χ4v) is 2.82. The van der Waals surface area contributed by atoms with Gasteiger partial charge in [0.25, 0.3) is 0 Å². The minimum absolute atomic E-state index is 0.451. The smallest absolute Gasteiger partial charge is 0.214 e. The number of carbonyl (C=O) groups is 1. The predicted molar refractivity (Wildman–Crippen MR) is 115 cm³/mol. The standard InChI is InChI=1S/C18H19N5O2S.CH5N/c1-3-26-23-13-6-4-12(5-7-13)17-15(11-24)18(22-21-17)20-14-8-9-19-16(10-14)25-2;1-2/h4-11,23H,3H2,1-2H3,(H2,19,20,21,22);2H2,1H3. The number of anilines is 3. The summed E-state index contributed by atoms with van der Waals surface area (Å²) in [5.74, 6) is 1.91. The first-order valence-corrected chi connectivity index (χ1v) is 9.60. The summed E-state index contributed by atoms with van der Waals surface area (Å²) in [5.41, 5.74) is 8.25. The fourth-order valence-electron chi connectivity index (χ4n) is 2.38. The fraction of sp³-hybridized carbons (Fsp3) is 0.211. The largest absolute Gasteiger partial charge is 0.481 e. The van der Waals surface area contributed by atoms with Crippen LogP contribution in [0.3, 0.4) is 0 Å². The third kappa shape index (κ3) is 5.24. The van der Waals surface area contributed by atoms with Crippen LogP contribution in [-0.4, -0.2) is 41.4 Å². The minimum Gasteiger partial charge on any atom is -0.481 e. The van der Waals surface area contributed by atoms with Crippen molar-refractivity contribution < 1.29 is 9.53 Å². The molecule has 0 bridgehead atoms. The van der Waals surface area contributed by atoms with Crippen LogP contribution in [0.5, 0.6) is 5.88 Å². The average molecular weight is 401 g/mol. The van der Waals surface area contributed by atoms with Crippen molar-refractivity contribution in [3.63, 3.8) is 0 Å². The van der Waals surface area contributed by atoms with E-state index in [2.05, 4.69) is 37.9 Å². The Bertz CT molecular complexity index is 882. The summed E-state index contributed by atoms with van der Waals surface area (Å²) in [6.45, 7) is 2.08. The number of carbonyl (C=O) groups excluding carboxylic acids is 1. The molecule has 0 amide bonds. The van der Waals surface area contributed by atoms with Gasteiger partial charge in [0.1, 0.15) is 0 Å². The van der Waals surface area contributed by atoms with Crippen molar-refractivity contribution in [3.8, 4) is 17.1 Å². The number of hydrogen-bond acceptors (Lipinski definition) is 8. The number of rotatable bonds is 8. The Labute approximate surface area is 168 Å². The summed E-state index contributed by atoms with van der Waals surface area (Å²) in [6, 6.07) is 11.3. The van der Waals surface area contributed by atoms with Crippen LogP contribution in [0, 0.1) is 0 Å². The molecule has 9 heteroatoms. The number of ether oxygens (including phenoxy) is 1. The lowest BCUT2D eigenvalue weighted by Gasteiger charge is -2.06. The van der Waals surface area contributed by atoms with E-state index in [1.54, 1.807) is 37.4 Å². The first-order valence-electron chi connectivity index (χ1n) is 8.61. The van der Waals surface area contributed by atoms with Crippen LogP contribution in [0.2, 0.25) is 0 Å². The second-order valence-corrected chi connectivity index (χ2v) is 6.37. The average Bonchev–Trinajstić information content (AvgIpc) is 3.16. The zero-order valence-electron chi connectivity index (χ0n) is 16.0. The Kier molecular flexibility index (Phi) is 8.32. The van der Waals surface area contributed by atoms with Gasteiger partial charge >= 0.3 is 0 Å². The van der Waals surface area contributed by atoms with E-state index in [1.807, 2.05) is 24.3 Å². The summed E-state index contributed by atoms with van der Waals surface area (Å²) >= 11 is 1.63. The molecule has 0 saturated carbocycles. The molecular weight excluding hydrogens is 376 g/mol. The van der Waals surface area contributed by atoms with Gasteiger partial charge in [-0.3, -0.25) is 9.89 Å². The first kappa shape index (κ1) is 21.3. The highest BCUT2D eigenvalue weighted by Gasteiger charge is 2.15. The van der Waals surface area contributed by atoms with Crippen molar-refractivity contribution >= 4 is 35.4 Å². The van der Waals surface area contributed by atoms with Crippen LogP contribution in [0.1, 0.15) is 17.3 Å². The molecule has 0 atom stereocenters. The molecule has 0 fully saturated rings. The Hall–Kier alpha value is -3.04. The number of nitrogens with zero attached hydrogens (tertiary/aromatic N) is 2. The third-order valence-electron chi connectivity index (χ3n) is 3.64. The quantitative estimate of drug-likeness (QED) is 0.334. The lowest BCUT2D eigenvalue weighted by atomic mass is 10.1. The molecule has 0 aliphatic carbocycles. The number of hydrogen-bond donors (Lipinski definition) is 4. The van der Waals surface area contributed by atoms with Gasteiger partial charge in [-0.1, -0.05) is 31.0 Å². The molecule has 0 aliphatic rings. The number of nitrogens with one attached hydrogen (secondary N) is 3. The molecule has 1 aromatic carbocycles. The molecular formula is C19H24N6O2S. The van der Waals surface area contributed by atoms with Crippen LogP contribution in [-0.2, 0) is 0 Å². The summed E-state index contributed by atoms with van der Waals surface area (Å²) in [4.78, 5) is 15.7. The molecule has 8 nitrogen and oxygen atoms in total. The number of H-pyrrole nitrogens is 1. The number of aromatic amines is 1. The van der Waals surface area contributed by atoms with E-state index >= 15 is 0 Å². The van der Waals surface area contributed by atoms with Crippen LogP contribution in [0.25, 0.3) is 11.3 Å². The van der Waals surface area contributed by atoms with Crippen molar-refractivity contribution in [2.75, 3.05) is 29.9 Å². The highest BCUT2D eigenvalue weighted by molar-refractivity contribution is 8.00. The summed E-state index contributed by atoms with van der Waals surface area (Å²) in [6.07, 6.45) is 2.41. The van der Waals surface area contributed by atoms with Crippen LogP contribution < -0.4 is 20.5 Å². The van der Waals surface area contributed by atoms with E-state index in [0.717, 1.165) is 29.0 Å². The Balaban J connectivity index is 0.00000136. The number of aldehydes is 1. The Morgan fingerprint density at radius 3 is 2.61 bits per heavy atom. The van der Waals surface area contributed by atoms with E-state index in [9.17, 15) is 4.79 Å². The predicted octanol–water partition coefficient (Wildman–Crippen LogP) is 3.69. The molecule has 2 aromatic heterocycles. The van der Waals surface area contributed by atoms with E-state index < -0.39 is 0 Å². The zero-order valence-corrected chi connectivity index (χ0v) is 16.8. The van der Waals surface area contributed by atoms with Gasteiger partial charge in [-0.15, -0.1) is 0 Å². The van der Waals surface area contributed by atoms with Gasteiger partial charge in [-0.05, 0) is 25.2 Å². The van der Waals surface area contributed by atoms with Gasteiger partial charge in [0, 0.05) is 35.0 Å². The normalized spacial score (nSPS) is 9.86. The van der Waals surface area contributed by atoms with E-state index in [0.29, 0.717) is 23.0 Å². The number of pyridine rings is 1. The maximum atomic E-state index is 11.7. The monoisotopic (exact) mass is 400 g/mol. The number of aromatic nitrogens is 3. The zero-order chi connectivity index (χ0) is 20.4. The van der Waals surface area contributed by atoms with Gasteiger partial charge in [0.05, 0.1) is 18.4 Å². The van der Waals surface area contributed by atoms with Crippen LogP contribution in [0.15, 0.2) is 42.6 Å². The molecule has 2 heterocycles. The molecule has 0 radical (unpaired) electrons. The second-order valence-electron chi connectivity index (χ2n) is 5.30. The second kappa shape index (κ2) is 11.0. The van der Waals surface area contributed by atoms with Crippen molar-refractivity contribution in [3.05, 3.63) is 48.2 Å². The van der Waals surface area contributed by atoms with Crippen molar-refractivity contribution in [2.24, 2.45) is 5.73 Å². The Morgan fingerprint density at radius 1 is 1.21 bits per heavy atom. The van der Waals surface area contributed by atoms with E-state index in [4.69, 9.17) is 4.74 Å². The van der Waals surface area contributed by atoms with Gasteiger partial charge in [0.15, 0.2) is 12.1 Å². The lowest BCUT2D eigenvalue weighted by Crippen LogP contribution is -1.96. The highest BCUT2D eigenvalue weighted by atomic mass is 32.2. The molecule has 148 valence electrons. The number of nitrogens with two attached hydrogens (primary N) is 1. The molecule has 5 N–H and O–H groups in total. The summed E-state index contributed by atoms with van der Waals surface area (Å²) < 4.78 is 8.35. The maximum Gasteiger partial charge on any atom is 0.214 e. The Morgan fingerprint density at radius 2 is 1.96 bits per heavy atom. The summed E-state index contributed by atoms with van der Waals surface area (Å²) in [7, 11) is 3.05. The summed E-state index contributed by atoms with van der Waals surface area (Å²) in [5, 5.41) is 10.3. The molecule has 0 saturated heterocycles. The van der Waals surface area contributed by atoms with Gasteiger partial charge in [-0.2, -0.15) is 5.10 Å². The maximum absolute atomic E-state index is 11.7. The van der Waals surface area contributed by atoms with Crippen LogP contribution in [0.4, 0.5) is 17.2 Å². The molecule has 0 spiro atoms. The molecule has 0 unspecified atom stereocenters. The van der Waals surface area contributed by atoms with E-state index in [1.165, 1.54) is 7.05 Å². The number of benzene rings is 1. The van der Waals surface area contributed by atoms with Gasteiger partial charge in [0.2, 0.25) is 5.88 Å². The topological polar surface area (TPSA) is 118 Å². The highest BCUT2D eigenvalue weighted by Crippen LogP contribution is 2.29. The van der Waals surface area contributed by atoms with Crippen LogP contribution >= 0.6 is 11.9 Å². The van der Waals surface area contributed by atoms with Gasteiger partial charge in [-0.25, -0.2) is 4.98 Å². The molecule has 0 aliphatic heterocycles. The molecule has 3 rings (SSSR count). The number of methoxy groups -OCH3 is 1. The minimum atomic E-state index is 0.451. The molecule has 28 heavy (non-hydrogen) atoms. The van der Waals surface area contributed by atoms with Crippen molar-refractivity contribution in [1.29, 1.82) is 0 Å². The van der Waals surface area contributed by atoms with Crippen molar-refractivity contribution in [2.45, 2.75) is 6.92 Å².